The van der Waals surface area contributed by atoms with E-state index in [2.05, 4.69) is 15.4 Å². The maximum atomic E-state index is 12.3. The monoisotopic (exact) mass is 380 g/mol. The number of thiazole rings is 1. The molecule has 0 saturated heterocycles. The molecule has 26 heavy (non-hydrogen) atoms. The lowest BCUT2D eigenvalue weighted by Crippen LogP contribution is -2.24. The van der Waals surface area contributed by atoms with Crippen LogP contribution in [0.3, 0.4) is 0 Å². The molecule has 1 aliphatic rings. The Morgan fingerprint density at radius 3 is 2.77 bits per heavy atom. The van der Waals surface area contributed by atoms with Crippen LogP contribution < -0.4 is 5.32 Å². The fraction of sp³-hybridized carbons (Fsp3) is 0.105. The number of nitrogens with one attached hydrogen (secondary N) is 1. The van der Waals surface area contributed by atoms with Crippen molar-refractivity contribution in [3.8, 4) is 5.13 Å². The third-order valence-electron chi connectivity index (χ3n) is 4.56. The molecule has 1 amide bonds. The fourth-order valence-electron chi connectivity index (χ4n) is 3.31. The average Bonchev–Trinajstić information content (AvgIpc) is 3.25. The Kier molecular flexibility index (Phi) is 3.55. The molecule has 3 heterocycles. The summed E-state index contributed by atoms with van der Waals surface area (Å²) in [5, 5.41) is 8.90. The number of hydrogen-bond acceptors (Lipinski definition) is 4. The number of rotatable bonds is 2. The van der Waals surface area contributed by atoms with Gasteiger partial charge in [-0.15, -0.1) is 0 Å². The van der Waals surface area contributed by atoms with Crippen molar-refractivity contribution >= 4 is 44.9 Å². The van der Waals surface area contributed by atoms with Gasteiger partial charge in [-0.25, -0.2) is 4.98 Å². The first-order valence-electron chi connectivity index (χ1n) is 8.18. The van der Waals surface area contributed by atoms with Gasteiger partial charge in [0.15, 0.2) is 0 Å². The van der Waals surface area contributed by atoms with Crippen LogP contribution in [-0.2, 0) is 4.79 Å². The summed E-state index contributed by atoms with van der Waals surface area (Å²) >= 11 is 7.55. The second-order valence-electron chi connectivity index (χ2n) is 6.18. The molecule has 1 aliphatic heterocycles. The molecule has 0 saturated carbocycles. The maximum Gasteiger partial charge on any atom is 0.226 e. The molecule has 7 heteroatoms. The Hall–Kier alpha value is -2.70. The van der Waals surface area contributed by atoms with E-state index in [9.17, 15) is 4.79 Å². The second kappa shape index (κ2) is 5.93. The quantitative estimate of drug-likeness (QED) is 0.552. The summed E-state index contributed by atoms with van der Waals surface area (Å²) in [4.78, 5) is 17.0. The highest BCUT2D eigenvalue weighted by Gasteiger charge is 2.31. The lowest BCUT2D eigenvalue weighted by Gasteiger charge is -2.23. The lowest BCUT2D eigenvalue weighted by molar-refractivity contribution is -0.116. The lowest BCUT2D eigenvalue weighted by atomic mass is 9.87. The molecular weight excluding hydrogens is 368 g/mol. The van der Waals surface area contributed by atoms with Crippen molar-refractivity contribution in [2.45, 2.75) is 12.3 Å². The maximum absolute atomic E-state index is 12.3. The molecule has 0 aliphatic carbocycles. The van der Waals surface area contributed by atoms with Gasteiger partial charge in [0.25, 0.3) is 0 Å². The summed E-state index contributed by atoms with van der Waals surface area (Å²) in [6.07, 6.45) is 2.21. The zero-order valence-corrected chi connectivity index (χ0v) is 15.1. The molecule has 0 fully saturated rings. The van der Waals surface area contributed by atoms with Gasteiger partial charge in [0.1, 0.15) is 5.82 Å². The van der Waals surface area contributed by atoms with Gasteiger partial charge in [0.05, 0.1) is 16.4 Å². The topological polar surface area (TPSA) is 59.8 Å². The van der Waals surface area contributed by atoms with Crippen LogP contribution in [-0.4, -0.2) is 20.7 Å². The number of nitrogens with zero attached hydrogens (tertiary/aromatic N) is 3. The molecular formula is C19H13ClN4OS. The standard InChI is InChI=1S/C19H13ClN4OS/c20-12-7-5-11(6-8-12)13-9-17(25)23-18-14(13)10-21-24(18)19-22-15-3-1-2-4-16(15)26-19/h1-8,10,13H,9H2,(H,23,25)/t13-/m1/s1. The minimum absolute atomic E-state index is 0.0275. The van der Waals surface area contributed by atoms with E-state index in [1.54, 1.807) is 16.0 Å². The van der Waals surface area contributed by atoms with Crippen molar-refractivity contribution in [1.82, 2.24) is 14.8 Å². The van der Waals surface area contributed by atoms with Crippen LogP contribution in [0.1, 0.15) is 23.5 Å². The first kappa shape index (κ1) is 15.5. The van der Waals surface area contributed by atoms with Gasteiger partial charge in [-0.1, -0.05) is 47.2 Å². The normalized spacial score (nSPS) is 16.5. The van der Waals surface area contributed by atoms with Crippen molar-refractivity contribution in [3.63, 3.8) is 0 Å². The molecule has 0 spiro atoms. The molecule has 0 unspecified atom stereocenters. The summed E-state index contributed by atoms with van der Waals surface area (Å²) in [6, 6.07) is 15.6. The average molecular weight is 381 g/mol. The van der Waals surface area contributed by atoms with Crippen molar-refractivity contribution in [2.24, 2.45) is 0 Å². The number of hydrogen-bond donors (Lipinski definition) is 1. The van der Waals surface area contributed by atoms with E-state index in [1.807, 2.05) is 54.7 Å². The van der Waals surface area contributed by atoms with Crippen molar-refractivity contribution in [1.29, 1.82) is 0 Å². The minimum Gasteiger partial charge on any atom is -0.310 e. The Labute approximate surface area is 158 Å². The Balaban J connectivity index is 1.63. The van der Waals surface area contributed by atoms with Crippen molar-refractivity contribution < 1.29 is 4.79 Å². The number of carbonyl (C=O) groups is 1. The van der Waals surface area contributed by atoms with E-state index in [0.29, 0.717) is 17.3 Å². The zero-order chi connectivity index (χ0) is 17.7. The van der Waals surface area contributed by atoms with Crippen molar-refractivity contribution in [2.75, 3.05) is 5.32 Å². The van der Waals surface area contributed by atoms with Crippen LogP contribution in [0.15, 0.2) is 54.7 Å². The predicted octanol–water partition coefficient (Wildman–Crippen LogP) is 4.61. The van der Waals surface area contributed by atoms with Gasteiger partial charge in [0.2, 0.25) is 11.0 Å². The van der Waals surface area contributed by atoms with E-state index >= 15 is 0 Å². The molecule has 2 aromatic carbocycles. The number of anilines is 1. The van der Waals surface area contributed by atoms with Gasteiger partial charge in [-0.3, -0.25) is 4.79 Å². The van der Waals surface area contributed by atoms with Crippen molar-refractivity contribution in [3.05, 3.63) is 70.9 Å². The number of benzene rings is 2. The zero-order valence-electron chi connectivity index (χ0n) is 13.5. The summed E-state index contributed by atoms with van der Waals surface area (Å²) in [7, 11) is 0. The molecule has 2 aromatic heterocycles. The highest BCUT2D eigenvalue weighted by Crippen LogP contribution is 2.39. The Morgan fingerprint density at radius 2 is 1.96 bits per heavy atom. The third-order valence-corrected chi connectivity index (χ3v) is 5.82. The molecule has 128 valence electrons. The van der Waals surface area contributed by atoms with Gasteiger partial charge < -0.3 is 5.32 Å². The van der Waals surface area contributed by atoms with Crippen LogP contribution in [0.5, 0.6) is 0 Å². The van der Waals surface area contributed by atoms with E-state index in [4.69, 9.17) is 11.6 Å². The predicted molar refractivity (Wildman–Crippen MR) is 103 cm³/mol. The Bertz CT molecular complexity index is 1100. The number of carbonyl (C=O) groups excluding carboxylic acids is 1. The van der Waals surface area contributed by atoms with E-state index in [-0.39, 0.29) is 11.8 Å². The van der Waals surface area contributed by atoms with Gasteiger partial charge in [0, 0.05) is 22.9 Å². The first-order valence-corrected chi connectivity index (χ1v) is 9.37. The van der Waals surface area contributed by atoms with Crippen LogP contribution in [0.2, 0.25) is 5.02 Å². The first-order chi connectivity index (χ1) is 12.7. The molecule has 1 N–H and O–H groups in total. The van der Waals surface area contributed by atoms with E-state index < -0.39 is 0 Å². The van der Waals surface area contributed by atoms with Gasteiger partial charge in [-0.2, -0.15) is 9.78 Å². The van der Waals surface area contributed by atoms with Gasteiger partial charge >= 0.3 is 0 Å². The SMILES string of the molecule is O=C1C[C@H](c2ccc(Cl)cc2)c2cnn(-c3nc4ccccc4s3)c2N1. The van der Waals surface area contributed by atoms with Crippen LogP contribution in [0, 0.1) is 0 Å². The number of amides is 1. The number of halogens is 1. The minimum atomic E-state index is -0.0425. The van der Waals surface area contributed by atoms with Crippen LogP contribution >= 0.6 is 22.9 Å². The summed E-state index contributed by atoms with van der Waals surface area (Å²) < 4.78 is 2.81. The summed E-state index contributed by atoms with van der Waals surface area (Å²) in [5.74, 6) is 0.625. The van der Waals surface area contributed by atoms with E-state index in [1.165, 1.54) is 0 Å². The van der Waals surface area contributed by atoms with Crippen LogP contribution in [0.4, 0.5) is 5.82 Å². The molecule has 1 atom stereocenters. The molecule has 5 rings (SSSR count). The number of para-hydroxylation sites is 1. The smallest absolute Gasteiger partial charge is 0.226 e. The highest BCUT2D eigenvalue weighted by atomic mass is 35.5. The Morgan fingerprint density at radius 1 is 1.15 bits per heavy atom. The third kappa shape index (κ3) is 2.50. The highest BCUT2D eigenvalue weighted by molar-refractivity contribution is 7.20. The summed E-state index contributed by atoms with van der Waals surface area (Å²) in [5.41, 5.74) is 2.97. The van der Waals surface area contributed by atoms with Gasteiger partial charge in [-0.05, 0) is 29.8 Å². The summed E-state index contributed by atoms with van der Waals surface area (Å²) in [6.45, 7) is 0. The molecule has 0 radical (unpaired) electrons. The van der Waals surface area contributed by atoms with E-state index in [0.717, 1.165) is 26.5 Å². The molecule has 4 aromatic rings. The second-order valence-corrected chi connectivity index (χ2v) is 7.63. The molecule has 0 bridgehead atoms. The number of fused-ring (bicyclic) bond motifs is 2. The fourth-order valence-corrected chi connectivity index (χ4v) is 4.36. The molecule has 5 nitrogen and oxygen atoms in total. The number of aromatic nitrogens is 3. The van der Waals surface area contributed by atoms with Crippen LogP contribution in [0.25, 0.3) is 15.3 Å². The largest absolute Gasteiger partial charge is 0.310 e.